The van der Waals surface area contributed by atoms with Crippen molar-refractivity contribution in [2.24, 2.45) is 0 Å². The van der Waals surface area contributed by atoms with Crippen molar-refractivity contribution in [2.75, 3.05) is 11.1 Å². The van der Waals surface area contributed by atoms with Gasteiger partial charge in [-0.3, -0.25) is 4.79 Å². The third-order valence-electron chi connectivity index (χ3n) is 2.66. The van der Waals surface area contributed by atoms with E-state index in [1.54, 1.807) is 30.3 Å². The maximum Gasteiger partial charge on any atom is 0.248 e. The zero-order valence-electron chi connectivity index (χ0n) is 10.7. The molecule has 3 nitrogen and oxygen atoms in total. The number of carbonyl (C=O) groups is 1. The lowest BCUT2D eigenvalue weighted by molar-refractivity contribution is -0.111. The first-order chi connectivity index (χ1) is 9.97. The Hall–Kier alpha value is -1.49. The standard InChI is InChI=1S/C15H11BrCl2N2O/c16-11-6-7-12(15(18)14(11)17)20-13(21)8-3-9-1-4-10(19)5-2-9/h1-8H,19H2,(H,20,21)/b8-3+. The fourth-order valence-electron chi connectivity index (χ4n) is 1.58. The molecule has 1 amide bonds. The van der Waals surface area contributed by atoms with E-state index < -0.39 is 0 Å². The van der Waals surface area contributed by atoms with Crippen molar-refractivity contribution in [3.05, 3.63) is 62.6 Å². The third kappa shape index (κ3) is 4.24. The van der Waals surface area contributed by atoms with Gasteiger partial charge in [0, 0.05) is 16.2 Å². The molecule has 0 aromatic heterocycles. The fraction of sp³-hybridized carbons (Fsp3) is 0. The molecule has 0 bridgehead atoms. The predicted octanol–water partition coefficient (Wildman–Crippen LogP) is 4.99. The number of hydrogen-bond acceptors (Lipinski definition) is 2. The second-order valence-corrected chi connectivity index (χ2v) is 5.82. The van der Waals surface area contributed by atoms with Crippen LogP contribution in [-0.2, 0) is 4.79 Å². The highest BCUT2D eigenvalue weighted by atomic mass is 79.9. The van der Waals surface area contributed by atoms with Gasteiger partial charge in [0.15, 0.2) is 0 Å². The minimum atomic E-state index is -0.299. The lowest BCUT2D eigenvalue weighted by Crippen LogP contribution is -2.08. The van der Waals surface area contributed by atoms with E-state index in [4.69, 9.17) is 28.9 Å². The van der Waals surface area contributed by atoms with E-state index in [2.05, 4.69) is 21.2 Å². The number of nitrogens with two attached hydrogens (primary N) is 1. The Labute approximate surface area is 140 Å². The van der Waals surface area contributed by atoms with Crippen LogP contribution >= 0.6 is 39.1 Å². The molecule has 0 saturated carbocycles. The molecule has 0 saturated heterocycles. The molecule has 2 rings (SSSR count). The van der Waals surface area contributed by atoms with Crippen LogP contribution in [0.25, 0.3) is 6.08 Å². The highest BCUT2D eigenvalue weighted by molar-refractivity contribution is 9.10. The molecule has 21 heavy (non-hydrogen) atoms. The number of anilines is 2. The maximum absolute atomic E-state index is 11.9. The Bertz CT molecular complexity index is 700. The summed E-state index contributed by atoms with van der Waals surface area (Å²) in [5.74, 6) is -0.299. The Morgan fingerprint density at radius 1 is 1.10 bits per heavy atom. The normalized spacial score (nSPS) is 10.8. The summed E-state index contributed by atoms with van der Waals surface area (Å²) in [6.07, 6.45) is 3.10. The summed E-state index contributed by atoms with van der Waals surface area (Å²) in [6.45, 7) is 0. The third-order valence-corrected chi connectivity index (χ3v) is 4.43. The molecule has 0 aliphatic rings. The summed E-state index contributed by atoms with van der Waals surface area (Å²) < 4.78 is 0.671. The smallest absolute Gasteiger partial charge is 0.248 e. The number of benzene rings is 2. The van der Waals surface area contributed by atoms with E-state index in [0.717, 1.165) is 5.56 Å². The number of halogens is 3. The van der Waals surface area contributed by atoms with Crippen LogP contribution in [-0.4, -0.2) is 5.91 Å². The average molecular weight is 386 g/mol. The van der Waals surface area contributed by atoms with Crippen LogP contribution in [0.4, 0.5) is 11.4 Å². The number of amides is 1. The van der Waals surface area contributed by atoms with Crippen LogP contribution in [0.2, 0.25) is 10.0 Å². The van der Waals surface area contributed by atoms with E-state index in [9.17, 15) is 4.79 Å². The van der Waals surface area contributed by atoms with Gasteiger partial charge in [0.05, 0.1) is 15.7 Å². The van der Waals surface area contributed by atoms with Crippen molar-refractivity contribution in [1.29, 1.82) is 0 Å². The van der Waals surface area contributed by atoms with Crippen LogP contribution in [0, 0.1) is 0 Å². The minimum Gasteiger partial charge on any atom is -0.399 e. The summed E-state index contributed by atoms with van der Waals surface area (Å²) in [5.41, 5.74) is 7.60. The number of carbonyl (C=O) groups excluding carboxylic acids is 1. The number of nitrogens with one attached hydrogen (secondary N) is 1. The summed E-state index contributed by atoms with van der Waals surface area (Å²) in [4.78, 5) is 11.9. The molecule has 2 aromatic rings. The van der Waals surface area contributed by atoms with Gasteiger partial charge < -0.3 is 11.1 Å². The molecule has 0 unspecified atom stereocenters. The molecule has 0 atom stereocenters. The van der Waals surface area contributed by atoms with Gasteiger partial charge in [-0.25, -0.2) is 0 Å². The van der Waals surface area contributed by atoms with Crippen molar-refractivity contribution in [3.63, 3.8) is 0 Å². The quantitative estimate of drug-likeness (QED) is 0.444. The van der Waals surface area contributed by atoms with Gasteiger partial charge in [-0.15, -0.1) is 0 Å². The first-order valence-corrected chi connectivity index (χ1v) is 7.50. The summed E-state index contributed by atoms with van der Waals surface area (Å²) in [5, 5.41) is 3.32. The number of hydrogen-bond donors (Lipinski definition) is 2. The van der Waals surface area contributed by atoms with Gasteiger partial charge in [-0.05, 0) is 51.8 Å². The first-order valence-electron chi connectivity index (χ1n) is 5.95. The van der Waals surface area contributed by atoms with E-state index in [0.29, 0.717) is 25.9 Å². The Kier molecular flexibility index (Phi) is 5.28. The van der Waals surface area contributed by atoms with Gasteiger partial charge in [0.1, 0.15) is 0 Å². The van der Waals surface area contributed by atoms with Gasteiger partial charge in [0.2, 0.25) is 5.91 Å². The summed E-state index contributed by atoms with van der Waals surface area (Å²) >= 11 is 15.3. The van der Waals surface area contributed by atoms with Crippen LogP contribution in [0.15, 0.2) is 46.9 Å². The molecule has 0 radical (unpaired) electrons. The number of rotatable bonds is 3. The predicted molar refractivity (Wildman–Crippen MR) is 92.7 cm³/mol. The second kappa shape index (κ2) is 6.98. The molecule has 0 aliphatic carbocycles. The Morgan fingerprint density at radius 2 is 1.76 bits per heavy atom. The lowest BCUT2D eigenvalue weighted by atomic mass is 10.2. The topological polar surface area (TPSA) is 55.1 Å². The van der Waals surface area contributed by atoms with Crippen LogP contribution in [0.3, 0.4) is 0 Å². The van der Waals surface area contributed by atoms with E-state index >= 15 is 0 Å². The molecule has 0 spiro atoms. The van der Waals surface area contributed by atoms with E-state index in [-0.39, 0.29) is 5.91 Å². The molecule has 2 aromatic carbocycles. The van der Waals surface area contributed by atoms with E-state index in [1.165, 1.54) is 6.08 Å². The zero-order valence-corrected chi connectivity index (χ0v) is 13.8. The first kappa shape index (κ1) is 15.9. The van der Waals surface area contributed by atoms with Crippen molar-refractivity contribution in [1.82, 2.24) is 0 Å². The molecule has 0 fully saturated rings. The molecule has 0 aliphatic heterocycles. The molecule has 0 heterocycles. The Balaban J connectivity index is 2.08. The average Bonchev–Trinajstić information content (AvgIpc) is 2.47. The number of nitrogen functional groups attached to an aromatic ring is 1. The monoisotopic (exact) mass is 384 g/mol. The minimum absolute atomic E-state index is 0.292. The van der Waals surface area contributed by atoms with Gasteiger partial charge in [-0.1, -0.05) is 35.3 Å². The lowest BCUT2D eigenvalue weighted by Gasteiger charge is -2.07. The van der Waals surface area contributed by atoms with Crippen molar-refractivity contribution >= 4 is 62.5 Å². The highest BCUT2D eigenvalue weighted by Gasteiger charge is 2.09. The van der Waals surface area contributed by atoms with Crippen LogP contribution in [0.1, 0.15) is 5.56 Å². The molecular formula is C15H11BrCl2N2O. The zero-order chi connectivity index (χ0) is 15.4. The maximum atomic E-state index is 11.9. The fourth-order valence-corrected chi connectivity index (χ4v) is 2.40. The van der Waals surface area contributed by atoms with Crippen LogP contribution < -0.4 is 11.1 Å². The molecule has 6 heteroatoms. The van der Waals surface area contributed by atoms with Gasteiger partial charge >= 0.3 is 0 Å². The molecule has 3 N–H and O–H groups in total. The summed E-state index contributed by atoms with van der Waals surface area (Å²) in [6, 6.07) is 10.6. The highest BCUT2D eigenvalue weighted by Crippen LogP contribution is 2.35. The largest absolute Gasteiger partial charge is 0.399 e. The van der Waals surface area contributed by atoms with Crippen molar-refractivity contribution in [2.45, 2.75) is 0 Å². The van der Waals surface area contributed by atoms with Crippen molar-refractivity contribution in [3.8, 4) is 0 Å². The SMILES string of the molecule is Nc1ccc(/C=C/C(=O)Nc2ccc(Br)c(Cl)c2Cl)cc1. The van der Waals surface area contributed by atoms with Crippen LogP contribution in [0.5, 0.6) is 0 Å². The van der Waals surface area contributed by atoms with Gasteiger partial charge in [0.25, 0.3) is 0 Å². The van der Waals surface area contributed by atoms with Crippen molar-refractivity contribution < 1.29 is 4.79 Å². The van der Waals surface area contributed by atoms with E-state index in [1.807, 2.05) is 12.1 Å². The molecule has 108 valence electrons. The second-order valence-electron chi connectivity index (χ2n) is 4.21. The van der Waals surface area contributed by atoms with Gasteiger partial charge in [-0.2, -0.15) is 0 Å². The summed E-state index contributed by atoms with van der Waals surface area (Å²) in [7, 11) is 0. The Morgan fingerprint density at radius 3 is 2.43 bits per heavy atom. The molecular weight excluding hydrogens is 375 g/mol.